The maximum atomic E-state index is 15.5. The van der Waals surface area contributed by atoms with Gasteiger partial charge in [0, 0.05) is 30.9 Å². The van der Waals surface area contributed by atoms with E-state index in [9.17, 15) is 19.1 Å². The van der Waals surface area contributed by atoms with Gasteiger partial charge < -0.3 is 20.3 Å². The molecule has 0 saturated carbocycles. The minimum Gasteiger partial charge on any atom is -0.477 e. The largest absolute Gasteiger partial charge is 0.477 e. The van der Waals surface area contributed by atoms with Gasteiger partial charge in [0.2, 0.25) is 5.43 Å². The molecular formula is C19H21F2N3O3. The van der Waals surface area contributed by atoms with E-state index in [1.165, 1.54) is 4.57 Å². The number of carboxylic acid groups (broad SMARTS) is 1. The molecule has 0 radical (unpaired) electrons. The maximum absolute atomic E-state index is 15.5. The van der Waals surface area contributed by atoms with E-state index in [1.807, 2.05) is 0 Å². The van der Waals surface area contributed by atoms with Crippen molar-refractivity contribution in [3.05, 3.63) is 39.7 Å². The van der Waals surface area contributed by atoms with E-state index in [4.69, 9.17) is 5.73 Å². The topological polar surface area (TPSA) is 88.6 Å². The van der Waals surface area contributed by atoms with Gasteiger partial charge >= 0.3 is 5.97 Å². The number of rotatable bonds is 3. The van der Waals surface area contributed by atoms with Gasteiger partial charge in [0.1, 0.15) is 17.1 Å². The van der Waals surface area contributed by atoms with Crippen molar-refractivity contribution in [1.82, 2.24) is 4.57 Å². The van der Waals surface area contributed by atoms with E-state index in [-0.39, 0.29) is 41.3 Å². The molecule has 6 nitrogen and oxygen atoms in total. The zero-order valence-corrected chi connectivity index (χ0v) is 14.9. The first-order valence-corrected chi connectivity index (χ1v) is 9.15. The molecule has 2 aromatic rings. The van der Waals surface area contributed by atoms with Crippen LogP contribution in [0.2, 0.25) is 0 Å². The Morgan fingerprint density at radius 3 is 2.48 bits per heavy atom. The van der Waals surface area contributed by atoms with Crippen LogP contribution >= 0.6 is 0 Å². The molecule has 0 unspecified atom stereocenters. The van der Waals surface area contributed by atoms with Gasteiger partial charge in [0.05, 0.1) is 10.9 Å². The molecule has 144 valence electrons. The Hall–Kier alpha value is -2.48. The van der Waals surface area contributed by atoms with E-state index in [1.54, 1.807) is 11.8 Å². The van der Waals surface area contributed by atoms with Crippen molar-refractivity contribution in [2.45, 2.75) is 57.3 Å². The Labute approximate surface area is 154 Å². The number of nitrogens with two attached hydrogens (primary N) is 1. The molecule has 0 aliphatic carbocycles. The summed E-state index contributed by atoms with van der Waals surface area (Å²) >= 11 is 0. The first-order chi connectivity index (χ1) is 12.8. The second kappa shape index (κ2) is 6.30. The van der Waals surface area contributed by atoms with Crippen LogP contribution in [0.1, 0.15) is 43.0 Å². The zero-order valence-electron chi connectivity index (χ0n) is 14.9. The standard InChI is InChI=1S/C19H21F2N3O3/c1-2-23-8-13(19(26)27)18(25)12-7-14(20)17(15(21)16(12)23)24-10-3-4-11(24)6-9(22)5-10/h7-11H,2-6,22H2,1H3,(H,26,27)/t9-,10+,11-. The van der Waals surface area contributed by atoms with E-state index in [0.29, 0.717) is 12.8 Å². The highest BCUT2D eigenvalue weighted by Gasteiger charge is 2.42. The van der Waals surface area contributed by atoms with Gasteiger partial charge in [0.25, 0.3) is 0 Å². The van der Waals surface area contributed by atoms with Crippen LogP contribution in [-0.2, 0) is 6.54 Å². The summed E-state index contributed by atoms with van der Waals surface area (Å²) in [6.45, 7) is 1.96. The summed E-state index contributed by atoms with van der Waals surface area (Å²) < 4.78 is 31.9. The second-order valence-corrected chi connectivity index (χ2v) is 7.40. The van der Waals surface area contributed by atoms with Crippen molar-refractivity contribution in [3.8, 4) is 0 Å². The summed E-state index contributed by atoms with van der Waals surface area (Å²) in [6, 6.07) is 0.945. The summed E-state index contributed by atoms with van der Waals surface area (Å²) in [6.07, 6.45) is 4.12. The minimum absolute atomic E-state index is 0.0253. The molecule has 2 aliphatic rings. The number of hydrogen-bond acceptors (Lipinski definition) is 4. The van der Waals surface area contributed by atoms with Gasteiger partial charge in [-0.25, -0.2) is 13.6 Å². The third-order valence-corrected chi connectivity index (χ3v) is 5.83. The van der Waals surface area contributed by atoms with Crippen LogP contribution in [0.25, 0.3) is 10.9 Å². The molecule has 0 spiro atoms. The predicted octanol–water partition coefficient (Wildman–Crippen LogP) is 2.46. The summed E-state index contributed by atoms with van der Waals surface area (Å²) in [5.74, 6) is -3.07. The number of carboxylic acids is 1. The third-order valence-electron chi connectivity index (χ3n) is 5.83. The minimum atomic E-state index is -1.42. The lowest BCUT2D eigenvalue weighted by Crippen LogP contribution is -2.48. The van der Waals surface area contributed by atoms with Crippen molar-refractivity contribution < 1.29 is 18.7 Å². The zero-order chi connectivity index (χ0) is 19.5. The number of fused-ring (bicyclic) bond motifs is 3. The summed E-state index contributed by atoms with van der Waals surface area (Å²) in [4.78, 5) is 25.6. The molecule has 4 rings (SSSR count). The van der Waals surface area contributed by atoms with Crippen molar-refractivity contribution in [2.24, 2.45) is 5.73 Å². The average Bonchev–Trinajstić information content (AvgIpc) is 2.86. The number of pyridine rings is 1. The molecular weight excluding hydrogens is 356 g/mol. The number of aromatic carboxylic acids is 1. The van der Waals surface area contributed by atoms with Crippen LogP contribution in [0.3, 0.4) is 0 Å². The number of aryl methyl sites for hydroxylation is 1. The molecule has 2 saturated heterocycles. The molecule has 2 aliphatic heterocycles. The van der Waals surface area contributed by atoms with E-state index < -0.39 is 28.6 Å². The molecule has 2 fully saturated rings. The molecule has 0 amide bonds. The Morgan fingerprint density at radius 1 is 1.30 bits per heavy atom. The molecule has 2 bridgehead atoms. The quantitative estimate of drug-likeness (QED) is 0.858. The maximum Gasteiger partial charge on any atom is 0.341 e. The molecule has 1 aromatic heterocycles. The smallest absolute Gasteiger partial charge is 0.341 e. The van der Waals surface area contributed by atoms with Crippen molar-refractivity contribution in [3.63, 3.8) is 0 Å². The van der Waals surface area contributed by atoms with Gasteiger partial charge in [-0.15, -0.1) is 0 Å². The number of carbonyl (C=O) groups is 1. The highest BCUT2D eigenvalue weighted by molar-refractivity contribution is 5.94. The number of benzene rings is 1. The van der Waals surface area contributed by atoms with E-state index >= 15 is 4.39 Å². The number of nitrogens with zero attached hydrogens (tertiary/aromatic N) is 2. The van der Waals surface area contributed by atoms with Crippen molar-refractivity contribution >= 4 is 22.6 Å². The molecule has 27 heavy (non-hydrogen) atoms. The van der Waals surface area contributed by atoms with E-state index in [0.717, 1.165) is 25.1 Å². The lowest BCUT2D eigenvalue weighted by molar-refractivity contribution is 0.0695. The Bertz CT molecular complexity index is 990. The van der Waals surface area contributed by atoms with Crippen molar-refractivity contribution in [2.75, 3.05) is 4.90 Å². The highest BCUT2D eigenvalue weighted by Crippen LogP contribution is 2.42. The molecule has 3 N–H and O–H groups in total. The fourth-order valence-corrected chi connectivity index (χ4v) is 4.70. The average molecular weight is 377 g/mol. The van der Waals surface area contributed by atoms with Crippen LogP contribution in [-0.4, -0.2) is 33.8 Å². The Morgan fingerprint density at radius 2 is 1.93 bits per heavy atom. The Balaban J connectivity index is 1.98. The Kier molecular flexibility index (Phi) is 4.18. The van der Waals surface area contributed by atoms with Crippen LogP contribution in [0, 0.1) is 11.6 Å². The van der Waals surface area contributed by atoms with Crippen LogP contribution in [0.4, 0.5) is 14.5 Å². The lowest BCUT2D eigenvalue weighted by Gasteiger charge is -2.39. The van der Waals surface area contributed by atoms with Gasteiger partial charge in [-0.1, -0.05) is 0 Å². The first kappa shape index (κ1) is 17.9. The SMILES string of the molecule is CCn1cc(C(=O)O)c(=O)c2cc(F)c(N3[C@@H]4CC[C@H]3C[C@@H](N)C4)c(F)c21. The fourth-order valence-electron chi connectivity index (χ4n) is 4.70. The van der Waals surface area contributed by atoms with Crippen LogP contribution < -0.4 is 16.1 Å². The number of anilines is 1. The van der Waals surface area contributed by atoms with Gasteiger partial charge in [-0.05, 0) is 38.7 Å². The molecule has 3 atom stereocenters. The van der Waals surface area contributed by atoms with Gasteiger partial charge in [-0.3, -0.25) is 4.79 Å². The third kappa shape index (κ3) is 2.62. The van der Waals surface area contributed by atoms with Gasteiger partial charge in [0.15, 0.2) is 5.82 Å². The lowest BCUT2D eigenvalue weighted by atomic mass is 9.96. The highest BCUT2D eigenvalue weighted by atomic mass is 19.1. The van der Waals surface area contributed by atoms with E-state index in [2.05, 4.69) is 0 Å². The number of hydrogen-bond donors (Lipinski definition) is 2. The summed E-state index contributed by atoms with van der Waals surface area (Å²) in [5, 5.41) is 8.97. The summed E-state index contributed by atoms with van der Waals surface area (Å²) in [7, 11) is 0. The molecule has 8 heteroatoms. The molecule has 3 heterocycles. The monoisotopic (exact) mass is 377 g/mol. The number of piperidine rings is 1. The van der Waals surface area contributed by atoms with Gasteiger partial charge in [-0.2, -0.15) is 0 Å². The van der Waals surface area contributed by atoms with Crippen LogP contribution in [0.5, 0.6) is 0 Å². The fraction of sp³-hybridized carbons (Fsp3) is 0.474. The first-order valence-electron chi connectivity index (χ1n) is 9.15. The number of halogens is 2. The second-order valence-electron chi connectivity index (χ2n) is 7.40. The number of aromatic nitrogens is 1. The predicted molar refractivity (Wildman–Crippen MR) is 97.3 cm³/mol. The normalized spacial score (nSPS) is 24.6. The van der Waals surface area contributed by atoms with Crippen molar-refractivity contribution in [1.29, 1.82) is 0 Å². The van der Waals surface area contributed by atoms with Crippen LogP contribution in [0.15, 0.2) is 17.1 Å². The molecule has 1 aromatic carbocycles. The summed E-state index contributed by atoms with van der Waals surface area (Å²) in [5.41, 5.74) is 4.49.